The zero-order valence-electron chi connectivity index (χ0n) is 9.57. The third kappa shape index (κ3) is 4.35. The highest BCUT2D eigenvalue weighted by Gasteiger charge is 2.14. The van der Waals surface area contributed by atoms with Crippen LogP contribution in [-0.4, -0.2) is 21.5 Å². The zero-order chi connectivity index (χ0) is 12.2. The molecule has 2 amide bonds. The van der Waals surface area contributed by atoms with Crippen LogP contribution in [0, 0.1) is 0 Å². The number of hydrogen-bond acceptors (Lipinski definition) is 3. The first kappa shape index (κ1) is 12.6. The number of aromatic nitrogens is 1. The van der Waals surface area contributed by atoms with E-state index in [1.807, 2.05) is 20.8 Å². The quantitative estimate of drug-likeness (QED) is 0.733. The van der Waals surface area contributed by atoms with Crippen LogP contribution < -0.4 is 10.6 Å². The first-order valence-corrected chi connectivity index (χ1v) is 5.33. The average molecular weight is 237 g/mol. The third-order valence-corrected chi connectivity index (χ3v) is 1.98. The summed E-state index contributed by atoms with van der Waals surface area (Å²) in [5.74, 6) is 0. The maximum Gasteiger partial charge on any atom is 0.320 e. The molecule has 2 N–H and O–H groups in total. The van der Waals surface area contributed by atoms with Gasteiger partial charge in [0.05, 0.1) is 0 Å². The first-order valence-electron chi connectivity index (χ1n) is 4.92. The SMILES string of the molecule is CC(C)(C)NC(=O)NC(=S)c1cccnc1. The van der Waals surface area contributed by atoms with Crippen molar-refractivity contribution in [3.63, 3.8) is 0 Å². The standard InChI is InChI=1S/C11H15N3OS/c1-11(2,3)14-10(15)13-9(16)8-5-4-6-12-7-8/h4-7H,1-3H3,(H2,13,14,15,16). The molecular formula is C11H15N3OS. The van der Waals surface area contributed by atoms with Crippen molar-refractivity contribution in [1.82, 2.24) is 15.6 Å². The monoisotopic (exact) mass is 237 g/mol. The normalized spacial score (nSPS) is 10.7. The summed E-state index contributed by atoms with van der Waals surface area (Å²) in [6.07, 6.45) is 3.26. The Labute approximate surface area is 100 Å². The Morgan fingerprint density at radius 2 is 2.12 bits per heavy atom. The summed E-state index contributed by atoms with van der Waals surface area (Å²) in [5, 5.41) is 5.36. The van der Waals surface area contributed by atoms with Crippen molar-refractivity contribution in [2.75, 3.05) is 0 Å². The molecule has 0 aliphatic carbocycles. The fourth-order valence-electron chi connectivity index (χ4n) is 1.04. The Balaban J connectivity index is 2.56. The van der Waals surface area contributed by atoms with Crippen molar-refractivity contribution in [2.24, 2.45) is 0 Å². The number of thiocarbonyl (C=S) groups is 1. The van der Waals surface area contributed by atoms with Crippen LogP contribution in [0.4, 0.5) is 4.79 Å². The molecular weight excluding hydrogens is 222 g/mol. The molecule has 4 nitrogen and oxygen atoms in total. The van der Waals surface area contributed by atoms with E-state index in [0.717, 1.165) is 5.56 Å². The molecule has 0 spiro atoms. The van der Waals surface area contributed by atoms with Gasteiger partial charge in [0.2, 0.25) is 0 Å². The maximum atomic E-state index is 11.5. The second-order valence-electron chi connectivity index (χ2n) is 4.40. The van der Waals surface area contributed by atoms with Gasteiger partial charge in [-0.25, -0.2) is 4.79 Å². The fourth-order valence-corrected chi connectivity index (χ4v) is 1.26. The van der Waals surface area contributed by atoms with Crippen LogP contribution in [0.3, 0.4) is 0 Å². The lowest BCUT2D eigenvalue weighted by molar-refractivity contribution is 0.237. The minimum Gasteiger partial charge on any atom is -0.333 e. The Morgan fingerprint density at radius 3 is 2.62 bits per heavy atom. The molecule has 0 saturated heterocycles. The van der Waals surface area contributed by atoms with E-state index in [9.17, 15) is 4.79 Å². The van der Waals surface area contributed by atoms with Crippen molar-refractivity contribution < 1.29 is 4.79 Å². The smallest absolute Gasteiger partial charge is 0.320 e. The number of nitrogens with one attached hydrogen (secondary N) is 2. The number of pyridine rings is 1. The second kappa shape index (κ2) is 5.03. The lowest BCUT2D eigenvalue weighted by atomic mass is 10.1. The van der Waals surface area contributed by atoms with E-state index in [2.05, 4.69) is 15.6 Å². The zero-order valence-corrected chi connectivity index (χ0v) is 10.4. The Morgan fingerprint density at radius 1 is 1.44 bits per heavy atom. The molecule has 1 rings (SSSR count). The summed E-state index contributed by atoms with van der Waals surface area (Å²) in [4.78, 5) is 15.8. The van der Waals surface area contributed by atoms with Crippen molar-refractivity contribution >= 4 is 23.2 Å². The number of amides is 2. The highest BCUT2D eigenvalue weighted by molar-refractivity contribution is 7.80. The molecule has 86 valence electrons. The summed E-state index contributed by atoms with van der Waals surface area (Å²) in [6, 6.07) is 3.26. The number of carbonyl (C=O) groups is 1. The molecule has 1 aromatic heterocycles. The highest BCUT2D eigenvalue weighted by atomic mass is 32.1. The van der Waals surface area contributed by atoms with Crippen molar-refractivity contribution in [2.45, 2.75) is 26.3 Å². The van der Waals surface area contributed by atoms with E-state index in [0.29, 0.717) is 4.99 Å². The van der Waals surface area contributed by atoms with Crippen LogP contribution in [-0.2, 0) is 0 Å². The Kier molecular flexibility index (Phi) is 3.95. The third-order valence-electron chi connectivity index (χ3n) is 1.64. The van der Waals surface area contributed by atoms with E-state index in [1.54, 1.807) is 24.5 Å². The number of urea groups is 1. The van der Waals surface area contributed by atoms with Crippen molar-refractivity contribution in [3.05, 3.63) is 30.1 Å². The fraction of sp³-hybridized carbons (Fsp3) is 0.364. The van der Waals surface area contributed by atoms with Crippen LogP contribution in [0.1, 0.15) is 26.3 Å². The minimum atomic E-state index is -0.304. The molecule has 0 atom stereocenters. The summed E-state index contributed by atoms with van der Waals surface area (Å²) < 4.78 is 0. The van der Waals surface area contributed by atoms with Gasteiger partial charge >= 0.3 is 6.03 Å². The van der Waals surface area contributed by atoms with Gasteiger partial charge < -0.3 is 5.32 Å². The maximum absolute atomic E-state index is 11.5. The second-order valence-corrected chi connectivity index (χ2v) is 4.81. The Hall–Kier alpha value is -1.49. The van der Waals surface area contributed by atoms with Gasteiger partial charge in [0.15, 0.2) is 0 Å². The van der Waals surface area contributed by atoms with E-state index in [-0.39, 0.29) is 11.6 Å². The van der Waals surface area contributed by atoms with Crippen LogP contribution >= 0.6 is 12.2 Å². The molecule has 0 unspecified atom stereocenters. The van der Waals surface area contributed by atoms with Gasteiger partial charge in [0.25, 0.3) is 0 Å². The molecule has 16 heavy (non-hydrogen) atoms. The largest absolute Gasteiger partial charge is 0.333 e. The number of rotatable bonds is 1. The van der Waals surface area contributed by atoms with Crippen LogP contribution in [0.25, 0.3) is 0 Å². The van der Waals surface area contributed by atoms with Crippen LogP contribution in [0.5, 0.6) is 0 Å². The number of hydrogen-bond donors (Lipinski definition) is 2. The molecule has 1 aromatic rings. The topological polar surface area (TPSA) is 54.0 Å². The minimum absolute atomic E-state index is 0.283. The molecule has 0 saturated carbocycles. The van der Waals surface area contributed by atoms with E-state index >= 15 is 0 Å². The van der Waals surface area contributed by atoms with Crippen LogP contribution in [0.15, 0.2) is 24.5 Å². The van der Waals surface area contributed by atoms with Gasteiger partial charge in [-0.2, -0.15) is 0 Å². The van der Waals surface area contributed by atoms with Gasteiger partial charge in [-0.3, -0.25) is 10.3 Å². The molecule has 0 bridgehead atoms. The Bertz CT molecular complexity index is 384. The van der Waals surface area contributed by atoms with Crippen LogP contribution in [0.2, 0.25) is 0 Å². The first-order chi connectivity index (χ1) is 7.38. The van der Waals surface area contributed by atoms with E-state index in [1.165, 1.54) is 0 Å². The van der Waals surface area contributed by atoms with Gasteiger partial charge in [-0.1, -0.05) is 12.2 Å². The molecule has 1 heterocycles. The number of nitrogens with zero attached hydrogens (tertiary/aromatic N) is 1. The van der Waals surface area contributed by atoms with E-state index in [4.69, 9.17) is 12.2 Å². The van der Waals surface area contributed by atoms with E-state index < -0.39 is 0 Å². The highest BCUT2D eigenvalue weighted by Crippen LogP contribution is 1.99. The molecule has 0 fully saturated rings. The number of carbonyl (C=O) groups excluding carboxylic acids is 1. The molecule has 0 aliphatic rings. The summed E-state index contributed by atoms with van der Waals surface area (Å²) in [7, 11) is 0. The van der Waals surface area contributed by atoms with Crippen molar-refractivity contribution in [3.8, 4) is 0 Å². The van der Waals surface area contributed by atoms with Gasteiger partial charge in [-0.15, -0.1) is 0 Å². The summed E-state index contributed by atoms with van der Waals surface area (Å²) >= 11 is 5.07. The molecule has 5 heteroatoms. The lowest BCUT2D eigenvalue weighted by Gasteiger charge is -2.20. The molecule has 0 aliphatic heterocycles. The summed E-state index contributed by atoms with van der Waals surface area (Å²) in [5.41, 5.74) is 0.441. The van der Waals surface area contributed by atoms with Gasteiger partial charge in [-0.05, 0) is 32.9 Å². The predicted octanol–water partition coefficient (Wildman–Crippen LogP) is 1.85. The van der Waals surface area contributed by atoms with Gasteiger partial charge in [0.1, 0.15) is 4.99 Å². The average Bonchev–Trinajstić information content (AvgIpc) is 2.16. The lowest BCUT2D eigenvalue weighted by Crippen LogP contribution is -2.48. The molecule has 0 aromatic carbocycles. The predicted molar refractivity (Wildman–Crippen MR) is 67.4 cm³/mol. The van der Waals surface area contributed by atoms with Crippen molar-refractivity contribution in [1.29, 1.82) is 0 Å². The van der Waals surface area contributed by atoms with Gasteiger partial charge in [0, 0.05) is 23.5 Å². The summed E-state index contributed by atoms with van der Waals surface area (Å²) in [6.45, 7) is 5.71. The molecule has 0 radical (unpaired) electrons.